The van der Waals surface area contributed by atoms with Gasteiger partial charge in [0.1, 0.15) is 5.75 Å². The van der Waals surface area contributed by atoms with E-state index in [4.69, 9.17) is 16.3 Å². The summed E-state index contributed by atoms with van der Waals surface area (Å²) in [6.07, 6.45) is 1.52. The summed E-state index contributed by atoms with van der Waals surface area (Å²) in [5.74, 6) is 0.639. The van der Waals surface area contributed by atoms with Gasteiger partial charge in [0.15, 0.2) is 0 Å². The lowest BCUT2D eigenvalue weighted by Crippen LogP contribution is -2.47. The summed E-state index contributed by atoms with van der Waals surface area (Å²) in [4.78, 5) is 25.0. The lowest BCUT2D eigenvalue weighted by molar-refractivity contribution is -0.129. The van der Waals surface area contributed by atoms with Gasteiger partial charge < -0.3 is 20.3 Å². The molecule has 6 nitrogen and oxygen atoms in total. The number of rotatable bonds is 3. The van der Waals surface area contributed by atoms with Crippen molar-refractivity contribution in [2.75, 3.05) is 25.5 Å². The summed E-state index contributed by atoms with van der Waals surface area (Å²) in [5, 5.41) is 6.10. The van der Waals surface area contributed by atoms with Crippen LogP contribution in [0.3, 0.4) is 0 Å². The van der Waals surface area contributed by atoms with Gasteiger partial charge in [0, 0.05) is 31.7 Å². The fraction of sp³-hybridized carbons (Fsp3) is 0.467. The van der Waals surface area contributed by atoms with E-state index < -0.39 is 0 Å². The number of methoxy groups -OCH3 is 1. The molecule has 1 aromatic rings. The second kappa shape index (κ2) is 7.35. The van der Waals surface area contributed by atoms with Crippen molar-refractivity contribution in [1.82, 2.24) is 10.2 Å². The molecule has 0 spiro atoms. The fourth-order valence-electron chi connectivity index (χ4n) is 2.44. The topological polar surface area (TPSA) is 70.7 Å². The lowest BCUT2D eigenvalue weighted by atomic mass is 10.1. The van der Waals surface area contributed by atoms with E-state index in [2.05, 4.69) is 10.6 Å². The molecule has 1 aromatic carbocycles. The van der Waals surface area contributed by atoms with Crippen LogP contribution < -0.4 is 15.4 Å². The number of piperidine rings is 1. The Balaban J connectivity index is 1.83. The molecule has 1 fully saturated rings. The normalized spacial score (nSPS) is 15.3. The van der Waals surface area contributed by atoms with E-state index in [1.807, 2.05) is 0 Å². The van der Waals surface area contributed by atoms with Crippen LogP contribution in [0.5, 0.6) is 5.75 Å². The van der Waals surface area contributed by atoms with Gasteiger partial charge in [-0.25, -0.2) is 4.79 Å². The first-order chi connectivity index (χ1) is 10.5. The molecule has 1 heterocycles. The van der Waals surface area contributed by atoms with Gasteiger partial charge >= 0.3 is 6.03 Å². The Kier molecular flexibility index (Phi) is 5.49. The molecule has 0 bridgehead atoms. The summed E-state index contributed by atoms with van der Waals surface area (Å²) in [7, 11) is 1.54. The highest BCUT2D eigenvalue weighted by atomic mass is 35.5. The van der Waals surface area contributed by atoms with Crippen molar-refractivity contribution in [2.24, 2.45) is 0 Å². The largest absolute Gasteiger partial charge is 0.495 e. The van der Waals surface area contributed by atoms with Crippen LogP contribution in [0.25, 0.3) is 0 Å². The van der Waals surface area contributed by atoms with Crippen molar-refractivity contribution < 1.29 is 14.3 Å². The van der Waals surface area contributed by atoms with Gasteiger partial charge in [-0.1, -0.05) is 11.6 Å². The molecule has 0 atom stereocenters. The van der Waals surface area contributed by atoms with Crippen LogP contribution in [-0.2, 0) is 4.79 Å². The highest BCUT2D eigenvalue weighted by molar-refractivity contribution is 6.32. The van der Waals surface area contributed by atoms with Gasteiger partial charge in [0.2, 0.25) is 5.91 Å². The molecule has 1 aliphatic heterocycles. The third-order valence-corrected chi connectivity index (χ3v) is 3.98. The molecule has 2 rings (SSSR count). The minimum Gasteiger partial charge on any atom is -0.495 e. The van der Waals surface area contributed by atoms with Gasteiger partial charge in [-0.3, -0.25) is 4.79 Å². The highest BCUT2D eigenvalue weighted by Gasteiger charge is 2.21. The minimum absolute atomic E-state index is 0.0734. The van der Waals surface area contributed by atoms with Gasteiger partial charge in [-0.15, -0.1) is 0 Å². The number of likely N-dealkylation sites (tertiary alicyclic amines) is 1. The molecule has 0 radical (unpaired) electrons. The van der Waals surface area contributed by atoms with E-state index in [0.29, 0.717) is 29.5 Å². The van der Waals surface area contributed by atoms with Crippen molar-refractivity contribution in [3.8, 4) is 5.75 Å². The standard InChI is InChI=1S/C15H20ClN3O3/c1-10(20)19-7-5-11(6-8-19)17-15(21)18-12-3-4-14(22-2)13(16)9-12/h3-4,9,11H,5-8H2,1-2H3,(H2,17,18,21). The SMILES string of the molecule is COc1ccc(NC(=O)NC2CCN(C(C)=O)CC2)cc1Cl. The maximum atomic E-state index is 12.0. The zero-order chi connectivity index (χ0) is 16.1. The summed E-state index contributed by atoms with van der Waals surface area (Å²) >= 11 is 6.02. The Morgan fingerprint density at radius 2 is 2.00 bits per heavy atom. The molecule has 0 aliphatic carbocycles. The monoisotopic (exact) mass is 325 g/mol. The number of nitrogens with zero attached hydrogens (tertiary/aromatic N) is 1. The third-order valence-electron chi connectivity index (χ3n) is 3.69. The van der Waals surface area contributed by atoms with Crippen LogP contribution >= 0.6 is 11.6 Å². The fourth-order valence-corrected chi connectivity index (χ4v) is 2.69. The predicted molar refractivity (Wildman–Crippen MR) is 85.4 cm³/mol. The van der Waals surface area contributed by atoms with Crippen LogP contribution in [0.4, 0.5) is 10.5 Å². The second-order valence-electron chi connectivity index (χ2n) is 5.23. The Morgan fingerprint density at radius 1 is 1.32 bits per heavy atom. The van der Waals surface area contributed by atoms with E-state index in [9.17, 15) is 9.59 Å². The predicted octanol–water partition coefficient (Wildman–Crippen LogP) is 2.48. The van der Waals surface area contributed by atoms with Crippen molar-refractivity contribution in [3.05, 3.63) is 23.2 Å². The third kappa shape index (κ3) is 4.27. The number of hydrogen-bond acceptors (Lipinski definition) is 3. The summed E-state index contributed by atoms with van der Waals surface area (Å²) in [6.45, 7) is 2.91. The Hall–Kier alpha value is -1.95. The maximum Gasteiger partial charge on any atom is 0.319 e. The number of halogens is 1. The summed E-state index contributed by atoms with van der Waals surface area (Å²) in [5.41, 5.74) is 0.601. The average Bonchev–Trinajstić information content (AvgIpc) is 2.48. The van der Waals surface area contributed by atoms with Crippen molar-refractivity contribution >= 4 is 29.2 Å². The number of carbonyl (C=O) groups is 2. The first-order valence-corrected chi connectivity index (χ1v) is 7.54. The number of hydrogen-bond donors (Lipinski definition) is 2. The second-order valence-corrected chi connectivity index (χ2v) is 5.64. The van der Waals surface area contributed by atoms with E-state index in [0.717, 1.165) is 12.8 Å². The van der Waals surface area contributed by atoms with Crippen molar-refractivity contribution in [1.29, 1.82) is 0 Å². The number of nitrogens with one attached hydrogen (secondary N) is 2. The molecule has 1 saturated heterocycles. The number of urea groups is 1. The molecule has 0 aromatic heterocycles. The lowest BCUT2D eigenvalue weighted by Gasteiger charge is -2.31. The van der Waals surface area contributed by atoms with Crippen LogP contribution in [0.1, 0.15) is 19.8 Å². The number of carbonyl (C=O) groups excluding carboxylic acids is 2. The first-order valence-electron chi connectivity index (χ1n) is 7.16. The molecule has 7 heteroatoms. The summed E-state index contributed by atoms with van der Waals surface area (Å²) in [6, 6.07) is 4.86. The molecular weight excluding hydrogens is 306 g/mol. The Bertz CT molecular complexity index is 557. The molecular formula is C15H20ClN3O3. The Morgan fingerprint density at radius 3 is 2.55 bits per heavy atom. The molecule has 2 N–H and O–H groups in total. The number of anilines is 1. The molecule has 22 heavy (non-hydrogen) atoms. The van der Waals surface area contributed by atoms with Gasteiger partial charge in [-0.2, -0.15) is 0 Å². The molecule has 0 saturated carbocycles. The van der Waals surface area contributed by atoms with E-state index >= 15 is 0 Å². The zero-order valence-electron chi connectivity index (χ0n) is 12.7. The molecule has 0 unspecified atom stereocenters. The van der Waals surface area contributed by atoms with E-state index in [1.165, 1.54) is 7.11 Å². The minimum atomic E-state index is -0.275. The molecule has 1 aliphatic rings. The summed E-state index contributed by atoms with van der Waals surface area (Å²) < 4.78 is 5.06. The quantitative estimate of drug-likeness (QED) is 0.897. The highest BCUT2D eigenvalue weighted by Crippen LogP contribution is 2.27. The Labute approximate surface area is 134 Å². The van der Waals surface area contributed by atoms with Crippen LogP contribution in [-0.4, -0.2) is 43.1 Å². The van der Waals surface area contributed by atoms with Crippen LogP contribution in [0.2, 0.25) is 5.02 Å². The van der Waals surface area contributed by atoms with E-state index in [1.54, 1.807) is 30.0 Å². The first kappa shape index (κ1) is 16.4. The molecule has 120 valence electrons. The van der Waals surface area contributed by atoms with Gasteiger partial charge in [0.05, 0.1) is 12.1 Å². The van der Waals surface area contributed by atoms with E-state index in [-0.39, 0.29) is 18.0 Å². The molecule has 3 amide bonds. The smallest absolute Gasteiger partial charge is 0.319 e. The zero-order valence-corrected chi connectivity index (χ0v) is 13.4. The van der Waals surface area contributed by atoms with Gasteiger partial charge in [0.25, 0.3) is 0 Å². The number of ether oxygens (including phenoxy) is 1. The van der Waals surface area contributed by atoms with Crippen LogP contribution in [0, 0.1) is 0 Å². The van der Waals surface area contributed by atoms with Gasteiger partial charge in [-0.05, 0) is 31.0 Å². The van der Waals surface area contributed by atoms with Crippen molar-refractivity contribution in [3.63, 3.8) is 0 Å². The number of benzene rings is 1. The number of amides is 3. The maximum absolute atomic E-state index is 12.0. The van der Waals surface area contributed by atoms with Crippen molar-refractivity contribution in [2.45, 2.75) is 25.8 Å². The van der Waals surface area contributed by atoms with Crippen LogP contribution in [0.15, 0.2) is 18.2 Å². The average molecular weight is 326 g/mol.